The Bertz CT molecular complexity index is 2480. The van der Waals surface area contributed by atoms with E-state index in [9.17, 15) is 19.0 Å². The first-order chi connectivity index (χ1) is 47.0. The molecule has 0 saturated heterocycles. The number of phosphoric ester groups is 1. The average Bonchev–Trinajstić information content (AvgIpc) is 1.48. The molecular formula is C86H135NO8P+. The standard InChI is InChI=1S/C86H134NO8P/c1-6-8-10-12-14-16-18-20-22-24-26-28-30-32-34-36-38-40-41-42-43-44-45-47-48-50-52-54-56-58-60-62-64-66-68-70-72-74-76-78-85(88)92-82-84(83-94-96(90,91)93-81-80-87(3,4)5)95-86(89)79-77-75-73-71-69-67-65-63-61-59-57-55-53-51-49-46-39-37-35-33-31-29-27-25-23-21-19-17-15-13-11-9-7-2/h8-11,14-17,20-23,26-29,32-35,38-40,42-43,45-47,50-53,57,59,63,65,69,71,84H,6-7,12-13,18-19,24-25,30-31,36-37,41,44,48-49,54-56,58,60-62,64,66-68,70,72-83H2,1-5H3/p+1/b10-8-,11-9-,16-14-,17-15-,22-20-,23-21-,28-26-,29-27-,34-32-,35-33-,40-38-,43-42-,46-39-,47-45-,52-50-,53-51-,59-57-,65-63-,71-69-. The predicted molar refractivity (Wildman–Crippen MR) is 417 cm³/mol. The molecule has 1 N–H and O–H groups in total. The molecule has 0 aliphatic carbocycles. The van der Waals surface area contributed by atoms with Crippen molar-refractivity contribution in [3.05, 3.63) is 231 Å². The zero-order chi connectivity index (χ0) is 69.7. The van der Waals surface area contributed by atoms with E-state index in [2.05, 4.69) is 245 Å². The first-order valence-electron chi connectivity index (χ1n) is 37.1. The second-order valence-electron chi connectivity index (χ2n) is 24.9. The third kappa shape index (κ3) is 77.1. The first kappa shape index (κ1) is 90.1. The number of phosphoric acid groups is 1. The number of carbonyl (C=O) groups is 2. The molecular weight excluding hydrogens is 1210 g/mol. The van der Waals surface area contributed by atoms with Gasteiger partial charge in [-0.2, -0.15) is 0 Å². The van der Waals surface area contributed by atoms with E-state index in [1.165, 1.54) is 44.9 Å². The van der Waals surface area contributed by atoms with Crippen molar-refractivity contribution in [1.29, 1.82) is 0 Å². The largest absolute Gasteiger partial charge is 0.472 e. The maximum atomic E-state index is 12.9. The number of unbranched alkanes of at least 4 members (excludes halogenated alkanes) is 13. The molecule has 0 bridgehead atoms. The van der Waals surface area contributed by atoms with E-state index in [1.807, 2.05) is 21.1 Å². The third-order valence-electron chi connectivity index (χ3n) is 14.7. The monoisotopic (exact) mass is 1340 g/mol. The average molecular weight is 1340 g/mol. The van der Waals surface area contributed by atoms with Crippen molar-refractivity contribution >= 4 is 19.8 Å². The molecule has 0 amide bonds. The quantitative estimate of drug-likeness (QED) is 0.0211. The van der Waals surface area contributed by atoms with Gasteiger partial charge < -0.3 is 18.9 Å². The predicted octanol–water partition coefficient (Wildman–Crippen LogP) is 24.9. The fourth-order valence-electron chi connectivity index (χ4n) is 9.09. The normalized spacial score (nSPS) is 14.4. The minimum Gasteiger partial charge on any atom is -0.462 e. The highest BCUT2D eigenvalue weighted by atomic mass is 31.2. The number of carbonyl (C=O) groups excluding carboxylic acids is 2. The van der Waals surface area contributed by atoms with Crippen LogP contribution in [0.4, 0.5) is 0 Å². The SMILES string of the molecule is CC/C=C\C/C=C\C/C=C\C/C=C\C/C=C\C/C=C\C/C=C\C/C=C\C/C=C\C/C=C\CCCCC(=O)OC(COC(=O)CCCCCCCCCCCCC/C=C\C/C=C\C/C=C\C/C=C\C/C=C\C/C=C\C/C=C\C/C=C\C/C=C\CC)COP(=O)(O)OCC[N+](C)(C)C. The molecule has 2 atom stereocenters. The van der Waals surface area contributed by atoms with Crippen LogP contribution in [0.3, 0.4) is 0 Å². The Hall–Kier alpha value is -5.93. The van der Waals surface area contributed by atoms with Crippen LogP contribution in [-0.4, -0.2) is 74.9 Å². The van der Waals surface area contributed by atoms with Gasteiger partial charge >= 0.3 is 19.8 Å². The summed E-state index contributed by atoms with van der Waals surface area (Å²) < 4.78 is 34.7. The van der Waals surface area contributed by atoms with Crippen LogP contribution in [0, 0.1) is 0 Å². The fraction of sp³-hybridized carbons (Fsp3) is 0.535. The van der Waals surface area contributed by atoms with Gasteiger partial charge in [-0.1, -0.05) is 303 Å². The number of nitrogens with zero attached hydrogens (tertiary/aromatic N) is 1. The summed E-state index contributed by atoms with van der Waals surface area (Å²) in [5.74, 6) is -0.869. The third-order valence-corrected chi connectivity index (χ3v) is 15.7. The molecule has 0 fully saturated rings. The summed E-state index contributed by atoms with van der Waals surface area (Å²) in [7, 11) is 1.41. The second kappa shape index (κ2) is 73.3. The molecule has 0 spiro atoms. The summed E-state index contributed by atoms with van der Waals surface area (Å²) in [5.41, 5.74) is 0. The van der Waals surface area contributed by atoms with Crippen LogP contribution in [0.2, 0.25) is 0 Å². The zero-order valence-electron chi connectivity index (χ0n) is 61.0. The number of allylic oxidation sites excluding steroid dienone is 38. The lowest BCUT2D eigenvalue weighted by Gasteiger charge is -2.24. The molecule has 10 heteroatoms. The van der Waals surface area contributed by atoms with Crippen molar-refractivity contribution in [3.8, 4) is 0 Å². The first-order valence-corrected chi connectivity index (χ1v) is 38.6. The molecule has 536 valence electrons. The van der Waals surface area contributed by atoms with Gasteiger partial charge in [-0.15, -0.1) is 0 Å². The number of hydrogen-bond donors (Lipinski definition) is 1. The number of likely N-dealkylation sites (N-methyl/N-ethyl adjacent to an activating group) is 1. The number of rotatable bonds is 65. The van der Waals surface area contributed by atoms with Crippen LogP contribution in [0.25, 0.3) is 0 Å². The summed E-state index contributed by atoms with van der Waals surface area (Å²) in [5, 5.41) is 0. The van der Waals surface area contributed by atoms with E-state index in [0.717, 1.165) is 161 Å². The van der Waals surface area contributed by atoms with Crippen LogP contribution < -0.4 is 0 Å². The van der Waals surface area contributed by atoms with Gasteiger partial charge in [0.2, 0.25) is 0 Å². The number of esters is 2. The van der Waals surface area contributed by atoms with Crippen LogP contribution in [0.15, 0.2) is 231 Å². The molecule has 0 aliphatic heterocycles. The number of hydrogen-bond acceptors (Lipinski definition) is 7. The summed E-state index contributed by atoms with van der Waals surface area (Å²) >= 11 is 0. The van der Waals surface area contributed by atoms with Crippen molar-refractivity contribution in [2.75, 3.05) is 47.5 Å². The van der Waals surface area contributed by atoms with Crippen molar-refractivity contribution in [3.63, 3.8) is 0 Å². The van der Waals surface area contributed by atoms with Gasteiger partial charge in [0, 0.05) is 12.8 Å². The lowest BCUT2D eigenvalue weighted by atomic mass is 10.0. The molecule has 2 unspecified atom stereocenters. The summed E-state index contributed by atoms with van der Waals surface area (Å²) in [4.78, 5) is 35.9. The van der Waals surface area contributed by atoms with Crippen LogP contribution in [0.1, 0.15) is 245 Å². The summed E-state index contributed by atoms with van der Waals surface area (Å²) in [6.45, 7) is 4.12. The Morgan fingerprint density at radius 3 is 0.854 bits per heavy atom. The van der Waals surface area contributed by atoms with Gasteiger partial charge in [-0.3, -0.25) is 18.6 Å². The highest BCUT2D eigenvalue weighted by Gasteiger charge is 2.27. The number of ether oxygens (including phenoxy) is 2. The van der Waals surface area contributed by atoms with E-state index in [4.69, 9.17) is 18.5 Å². The second-order valence-corrected chi connectivity index (χ2v) is 26.3. The van der Waals surface area contributed by atoms with Crippen molar-refractivity contribution < 1.29 is 42.1 Å². The van der Waals surface area contributed by atoms with Crippen molar-refractivity contribution in [2.45, 2.75) is 251 Å². The van der Waals surface area contributed by atoms with Gasteiger partial charge in [-0.05, 0) is 161 Å². The van der Waals surface area contributed by atoms with E-state index < -0.39 is 32.5 Å². The van der Waals surface area contributed by atoms with Gasteiger partial charge in [-0.25, -0.2) is 4.57 Å². The Kier molecular flexibility index (Phi) is 68.8. The van der Waals surface area contributed by atoms with Crippen molar-refractivity contribution in [1.82, 2.24) is 0 Å². The summed E-state index contributed by atoms with van der Waals surface area (Å²) in [6, 6.07) is 0. The maximum Gasteiger partial charge on any atom is 0.472 e. The van der Waals surface area contributed by atoms with E-state index in [1.54, 1.807) is 0 Å². The van der Waals surface area contributed by atoms with Gasteiger partial charge in [0.25, 0.3) is 0 Å². The molecule has 0 aliphatic rings. The van der Waals surface area contributed by atoms with Crippen LogP contribution in [0.5, 0.6) is 0 Å². The van der Waals surface area contributed by atoms with E-state index in [-0.39, 0.29) is 26.1 Å². The van der Waals surface area contributed by atoms with Gasteiger partial charge in [0.1, 0.15) is 19.8 Å². The number of quaternary nitrogens is 1. The van der Waals surface area contributed by atoms with E-state index >= 15 is 0 Å². The van der Waals surface area contributed by atoms with Crippen LogP contribution >= 0.6 is 7.82 Å². The fourth-order valence-corrected chi connectivity index (χ4v) is 9.84. The highest BCUT2D eigenvalue weighted by molar-refractivity contribution is 7.47. The van der Waals surface area contributed by atoms with Gasteiger partial charge in [0.05, 0.1) is 27.7 Å². The zero-order valence-corrected chi connectivity index (χ0v) is 61.9. The smallest absolute Gasteiger partial charge is 0.462 e. The lowest BCUT2D eigenvalue weighted by molar-refractivity contribution is -0.870. The highest BCUT2D eigenvalue weighted by Crippen LogP contribution is 2.43. The maximum absolute atomic E-state index is 12.9. The molecule has 0 aromatic rings. The van der Waals surface area contributed by atoms with E-state index in [0.29, 0.717) is 23.9 Å². The molecule has 0 aromatic heterocycles. The molecule has 0 saturated carbocycles. The molecule has 0 radical (unpaired) electrons. The molecule has 9 nitrogen and oxygen atoms in total. The van der Waals surface area contributed by atoms with Crippen LogP contribution in [-0.2, 0) is 32.7 Å². The minimum atomic E-state index is -4.42. The minimum absolute atomic E-state index is 0.00986. The van der Waals surface area contributed by atoms with Crippen molar-refractivity contribution in [2.24, 2.45) is 0 Å². The Morgan fingerprint density at radius 1 is 0.323 bits per heavy atom. The Balaban J connectivity index is 4.19. The summed E-state index contributed by atoms with van der Waals surface area (Å²) in [6.07, 6.45) is 119. The van der Waals surface area contributed by atoms with Gasteiger partial charge in [0.15, 0.2) is 6.10 Å². The Labute approximate surface area is 588 Å². The lowest BCUT2D eigenvalue weighted by Crippen LogP contribution is -2.37. The molecule has 96 heavy (non-hydrogen) atoms. The molecule has 0 rings (SSSR count). The Morgan fingerprint density at radius 2 is 0.562 bits per heavy atom. The molecule has 0 heterocycles. The topological polar surface area (TPSA) is 108 Å². The molecule has 0 aromatic carbocycles.